The standard InChI is InChI=1S/C24H29F3O6/c1-32-22(29)23(30,31)21(28)14-3-2-8-17-10-6-11-18(17)9-4-5-15-33-20-13-7-12-19(16-20)24(25,26)27/h2,4,7,9,12-14,16-18,21,28,30-31H,5-6,8,10-11,15H2,1H3/b9-4+/t3?,17-,18-,21?/m0/s1. The van der Waals surface area contributed by atoms with Crippen molar-refractivity contribution >= 4 is 5.97 Å². The van der Waals surface area contributed by atoms with E-state index in [0.29, 0.717) is 24.7 Å². The minimum Gasteiger partial charge on any atom is -0.493 e. The van der Waals surface area contributed by atoms with E-state index in [2.05, 4.69) is 16.5 Å². The molecule has 0 aliphatic heterocycles. The lowest BCUT2D eigenvalue weighted by molar-refractivity contribution is -0.230. The monoisotopic (exact) mass is 470 g/mol. The number of benzene rings is 1. The summed E-state index contributed by atoms with van der Waals surface area (Å²) in [5.74, 6) is -3.56. The first-order chi connectivity index (χ1) is 15.6. The van der Waals surface area contributed by atoms with Gasteiger partial charge in [0.2, 0.25) is 0 Å². The molecule has 0 radical (unpaired) electrons. The van der Waals surface area contributed by atoms with Crippen LogP contribution in [0.15, 0.2) is 54.3 Å². The average molecular weight is 470 g/mol. The van der Waals surface area contributed by atoms with Gasteiger partial charge >= 0.3 is 12.1 Å². The molecular weight excluding hydrogens is 441 g/mol. The van der Waals surface area contributed by atoms with Crippen molar-refractivity contribution in [1.82, 2.24) is 0 Å². The zero-order chi connectivity index (χ0) is 24.5. The molecule has 6 nitrogen and oxygen atoms in total. The predicted molar refractivity (Wildman–Crippen MR) is 114 cm³/mol. The van der Waals surface area contributed by atoms with Gasteiger partial charge in [0.15, 0.2) is 0 Å². The van der Waals surface area contributed by atoms with Gasteiger partial charge in [-0.2, -0.15) is 13.2 Å². The molecule has 0 aromatic heterocycles. The van der Waals surface area contributed by atoms with Gasteiger partial charge in [0.25, 0.3) is 5.79 Å². The Morgan fingerprint density at radius 2 is 2.06 bits per heavy atom. The molecule has 0 heterocycles. The normalized spacial score (nSPS) is 19.7. The Balaban J connectivity index is 1.80. The van der Waals surface area contributed by atoms with Crippen LogP contribution in [-0.2, 0) is 15.7 Å². The maximum Gasteiger partial charge on any atom is 0.416 e. The number of aliphatic hydroxyl groups excluding tert-OH is 1. The summed E-state index contributed by atoms with van der Waals surface area (Å²) in [6.07, 6.45) is 4.70. The number of carbonyl (C=O) groups is 1. The van der Waals surface area contributed by atoms with Crippen LogP contribution in [0, 0.1) is 11.8 Å². The van der Waals surface area contributed by atoms with Crippen molar-refractivity contribution in [2.24, 2.45) is 11.8 Å². The van der Waals surface area contributed by atoms with Gasteiger partial charge in [0.1, 0.15) is 11.9 Å². The molecule has 1 unspecified atom stereocenters. The molecule has 0 bridgehead atoms. The van der Waals surface area contributed by atoms with Gasteiger partial charge in [0.05, 0.1) is 19.3 Å². The average Bonchev–Trinajstić information content (AvgIpc) is 3.22. The van der Waals surface area contributed by atoms with Crippen LogP contribution < -0.4 is 4.74 Å². The Morgan fingerprint density at radius 3 is 2.76 bits per heavy atom. The van der Waals surface area contributed by atoms with Gasteiger partial charge in [0, 0.05) is 0 Å². The van der Waals surface area contributed by atoms with E-state index in [9.17, 15) is 33.3 Å². The second kappa shape index (κ2) is 12.0. The van der Waals surface area contributed by atoms with Gasteiger partial charge < -0.3 is 24.8 Å². The zero-order valence-corrected chi connectivity index (χ0v) is 18.3. The molecule has 1 aromatic carbocycles. The number of carbonyl (C=O) groups excluding carboxylic acids is 1. The van der Waals surface area contributed by atoms with E-state index in [0.717, 1.165) is 44.6 Å². The van der Waals surface area contributed by atoms with Gasteiger partial charge in [-0.1, -0.05) is 24.6 Å². The Kier molecular flexibility index (Phi) is 9.73. The molecule has 1 aliphatic carbocycles. The van der Waals surface area contributed by atoms with Crippen LogP contribution in [0.2, 0.25) is 0 Å². The molecule has 3 N–H and O–H groups in total. The highest BCUT2D eigenvalue weighted by atomic mass is 19.4. The molecular formula is C24H29F3O6. The van der Waals surface area contributed by atoms with E-state index in [-0.39, 0.29) is 12.4 Å². The fourth-order valence-corrected chi connectivity index (χ4v) is 3.66. The van der Waals surface area contributed by atoms with Crippen LogP contribution in [0.3, 0.4) is 0 Å². The summed E-state index contributed by atoms with van der Waals surface area (Å²) in [4.78, 5) is 11.2. The first-order valence-electron chi connectivity index (χ1n) is 10.6. The minimum absolute atomic E-state index is 0.179. The van der Waals surface area contributed by atoms with Gasteiger partial charge in [-0.25, -0.2) is 4.79 Å². The number of rotatable bonds is 10. The summed E-state index contributed by atoms with van der Waals surface area (Å²) in [5.41, 5.74) is 1.93. The molecule has 33 heavy (non-hydrogen) atoms. The van der Waals surface area contributed by atoms with Crippen LogP contribution in [0.4, 0.5) is 13.2 Å². The van der Waals surface area contributed by atoms with Crippen LogP contribution in [0.25, 0.3) is 0 Å². The Labute approximate surface area is 190 Å². The largest absolute Gasteiger partial charge is 0.493 e. The Bertz CT molecular complexity index is 871. The number of ether oxygens (including phenoxy) is 2. The number of hydrogen-bond donors (Lipinski definition) is 3. The molecule has 1 aromatic rings. The molecule has 9 heteroatoms. The molecule has 1 saturated carbocycles. The topological polar surface area (TPSA) is 96.2 Å². The maximum atomic E-state index is 12.7. The highest BCUT2D eigenvalue weighted by molar-refractivity contribution is 5.78. The van der Waals surface area contributed by atoms with Gasteiger partial charge in [-0.05, 0) is 67.9 Å². The predicted octanol–water partition coefficient (Wildman–Crippen LogP) is 3.76. The molecule has 182 valence electrons. The van der Waals surface area contributed by atoms with Crippen molar-refractivity contribution in [3.8, 4) is 5.75 Å². The molecule has 0 spiro atoms. The first kappa shape index (κ1) is 26.7. The second-order valence-electron chi connectivity index (χ2n) is 7.88. The fourth-order valence-electron chi connectivity index (χ4n) is 3.66. The summed E-state index contributed by atoms with van der Waals surface area (Å²) >= 11 is 0. The number of methoxy groups -OCH3 is 1. The lowest BCUT2D eigenvalue weighted by Gasteiger charge is -2.21. The van der Waals surface area contributed by atoms with E-state index in [1.54, 1.807) is 6.08 Å². The molecule has 3 atom stereocenters. The highest BCUT2D eigenvalue weighted by Gasteiger charge is 2.41. The molecule has 0 amide bonds. The van der Waals surface area contributed by atoms with Crippen molar-refractivity contribution in [3.63, 3.8) is 0 Å². The Hall–Kier alpha value is -2.58. The van der Waals surface area contributed by atoms with E-state index < -0.39 is 29.6 Å². The number of hydrogen-bond acceptors (Lipinski definition) is 6. The third kappa shape index (κ3) is 8.05. The highest BCUT2D eigenvalue weighted by Crippen LogP contribution is 2.35. The summed E-state index contributed by atoms with van der Waals surface area (Å²) < 4.78 is 47.9. The van der Waals surface area contributed by atoms with Crippen molar-refractivity contribution in [3.05, 3.63) is 59.9 Å². The zero-order valence-electron chi connectivity index (χ0n) is 18.3. The summed E-state index contributed by atoms with van der Waals surface area (Å²) in [6, 6.07) is 4.79. The molecule has 1 fully saturated rings. The number of allylic oxidation sites excluding steroid dienone is 1. The second-order valence-corrected chi connectivity index (χ2v) is 7.88. The molecule has 2 rings (SSSR count). The van der Waals surface area contributed by atoms with Gasteiger partial charge in [-0.15, -0.1) is 5.73 Å². The molecule has 1 aliphatic rings. The number of esters is 1. The smallest absolute Gasteiger partial charge is 0.416 e. The van der Waals surface area contributed by atoms with E-state index >= 15 is 0 Å². The number of alkyl halides is 3. The van der Waals surface area contributed by atoms with Crippen molar-refractivity contribution < 1.29 is 42.8 Å². The third-order valence-corrected chi connectivity index (χ3v) is 5.51. The minimum atomic E-state index is -4.40. The maximum absolute atomic E-state index is 12.7. The van der Waals surface area contributed by atoms with Crippen molar-refractivity contribution in [2.45, 2.75) is 50.2 Å². The lowest BCUT2D eigenvalue weighted by atomic mass is 9.92. The lowest BCUT2D eigenvalue weighted by Crippen LogP contribution is -2.49. The van der Waals surface area contributed by atoms with E-state index in [1.165, 1.54) is 12.1 Å². The first-order valence-corrected chi connectivity index (χ1v) is 10.6. The van der Waals surface area contributed by atoms with Gasteiger partial charge in [-0.3, -0.25) is 0 Å². The Morgan fingerprint density at radius 1 is 1.30 bits per heavy atom. The van der Waals surface area contributed by atoms with E-state index in [4.69, 9.17) is 4.74 Å². The van der Waals surface area contributed by atoms with Crippen molar-refractivity contribution in [2.75, 3.05) is 13.7 Å². The van der Waals surface area contributed by atoms with E-state index in [1.807, 2.05) is 6.08 Å². The van der Waals surface area contributed by atoms with Crippen LogP contribution in [0.1, 0.15) is 37.7 Å². The molecule has 0 saturated heterocycles. The van der Waals surface area contributed by atoms with Crippen LogP contribution in [0.5, 0.6) is 5.75 Å². The fraction of sp³-hybridized carbons (Fsp3) is 0.500. The summed E-state index contributed by atoms with van der Waals surface area (Å²) in [7, 11) is 0.973. The third-order valence-electron chi connectivity index (χ3n) is 5.51. The van der Waals surface area contributed by atoms with Crippen LogP contribution in [-0.4, -0.2) is 46.9 Å². The quantitative estimate of drug-likeness (QED) is 0.158. The SMILES string of the molecule is COC(=O)C(O)(O)C(O)C=C=CC[C@H]1CCC[C@@H]1/C=C/CCOc1cccc(C(F)(F)F)c1. The number of aliphatic hydroxyl groups is 3. The number of halogens is 3. The van der Waals surface area contributed by atoms with Crippen molar-refractivity contribution in [1.29, 1.82) is 0 Å². The summed E-state index contributed by atoms with van der Waals surface area (Å²) in [6.45, 7) is 0.264. The summed E-state index contributed by atoms with van der Waals surface area (Å²) in [5, 5.41) is 28.8. The van der Waals surface area contributed by atoms with Crippen LogP contribution >= 0.6 is 0 Å².